The third-order valence-corrected chi connectivity index (χ3v) is 4.99. The van der Waals surface area contributed by atoms with Crippen LogP contribution in [0, 0.1) is 5.92 Å². The Bertz CT molecular complexity index is 784. The summed E-state index contributed by atoms with van der Waals surface area (Å²) in [7, 11) is 1.53. The molecule has 0 aliphatic carbocycles. The predicted molar refractivity (Wildman–Crippen MR) is 103 cm³/mol. The average molecular weight is 373 g/mol. The number of nitrogens with zero attached hydrogens (tertiary/aromatic N) is 1. The zero-order valence-electron chi connectivity index (χ0n) is 14.6. The fourth-order valence-electron chi connectivity index (χ4n) is 3.21. The summed E-state index contributed by atoms with van der Waals surface area (Å²) in [5.74, 6) is 0.418. The Morgan fingerprint density at radius 1 is 1.19 bits per heavy atom. The van der Waals surface area contributed by atoms with Crippen LogP contribution >= 0.6 is 11.6 Å². The molecule has 0 radical (unpaired) electrons. The summed E-state index contributed by atoms with van der Waals surface area (Å²) in [6.07, 6.45) is 2.37. The first-order valence-electron chi connectivity index (χ1n) is 8.56. The number of carbonyl (C=O) groups excluding carboxylic acids is 2. The van der Waals surface area contributed by atoms with E-state index in [2.05, 4.69) is 10.2 Å². The molecule has 1 N–H and O–H groups in total. The molecule has 5 nitrogen and oxygen atoms in total. The standard InChI is InChI=1S/C20H21ClN2O3/c1-26-19-17(21)3-2-4-18(19)22-20(25)15-9-11-23(12-10-15)16-7-5-14(13-24)6-8-16/h2-8,13,15H,9-12H2,1H3,(H,22,25). The van der Waals surface area contributed by atoms with E-state index in [0.29, 0.717) is 22.0 Å². The average Bonchev–Trinajstić information content (AvgIpc) is 2.68. The number of hydrogen-bond donors (Lipinski definition) is 1. The van der Waals surface area contributed by atoms with E-state index in [-0.39, 0.29) is 11.8 Å². The Morgan fingerprint density at radius 3 is 2.50 bits per heavy atom. The minimum Gasteiger partial charge on any atom is -0.493 e. The number of aldehydes is 1. The first-order valence-corrected chi connectivity index (χ1v) is 8.93. The first kappa shape index (κ1) is 18.3. The molecule has 0 bridgehead atoms. The van der Waals surface area contributed by atoms with Crippen molar-refractivity contribution in [3.05, 3.63) is 53.1 Å². The molecule has 0 aromatic heterocycles. The number of nitrogens with one attached hydrogen (secondary N) is 1. The Balaban J connectivity index is 1.60. The number of benzene rings is 2. The second kappa shape index (κ2) is 8.23. The van der Waals surface area contributed by atoms with Crippen molar-refractivity contribution in [2.45, 2.75) is 12.8 Å². The Labute approximate surface area is 157 Å². The van der Waals surface area contributed by atoms with Gasteiger partial charge in [-0.1, -0.05) is 17.7 Å². The van der Waals surface area contributed by atoms with Gasteiger partial charge in [-0.15, -0.1) is 0 Å². The fraction of sp³-hybridized carbons (Fsp3) is 0.300. The number of piperidine rings is 1. The van der Waals surface area contributed by atoms with Crippen molar-refractivity contribution < 1.29 is 14.3 Å². The molecule has 0 spiro atoms. The molecule has 2 aromatic rings. The van der Waals surface area contributed by atoms with E-state index in [1.165, 1.54) is 7.11 Å². The molecule has 0 unspecified atom stereocenters. The number of carbonyl (C=O) groups is 2. The lowest BCUT2D eigenvalue weighted by Gasteiger charge is -2.33. The van der Waals surface area contributed by atoms with Crippen molar-refractivity contribution >= 4 is 35.2 Å². The van der Waals surface area contributed by atoms with Gasteiger partial charge in [-0.25, -0.2) is 0 Å². The third-order valence-electron chi connectivity index (χ3n) is 4.69. The molecule has 1 amide bonds. The van der Waals surface area contributed by atoms with Crippen LogP contribution in [-0.2, 0) is 4.79 Å². The maximum atomic E-state index is 12.6. The van der Waals surface area contributed by atoms with Crippen LogP contribution in [0.5, 0.6) is 5.75 Å². The quantitative estimate of drug-likeness (QED) is 0.805. The van der Waals surface area contributed by atoms with Crippen molar-refractivity contribution in [3.63, 3.8) is 0 Å². The number of para-hydroxylation sites is 1. The lowest BCUT2D eigenvalue weighted by atomic mass is 9.95. The molecule has 6 heteroatoms. The van der Waals surface area contributed by atoms with E-state index in [0.717, 1.165) is 37.9 Å². The third kappa shape index (κ3) is 3.99. The van der Waals surface area contributed by atoms with Crippen molar-refractivity contribution in [2.75, 3.05) is 30.4 Å². The maximum Gasteiger partial charge on any atom is 0.227 e. The molecule has 1 aliphatic rings. The highest BCUT2D eigenvalue weighted by atomic mass is 35.5. The van der Waals surface area contributed by atoms with Crippen LogP contribution in [0.1, 0.15) is 23.2 Å². The molecule has 0 saturated carbocycles. The monoisotopic (exact) mass is 372 g/mol. The number of anilines is 2. The molecule has 136 valence electrons. The van der Waals surface area contributed by atoms with E-state index in [1.54, 1.807) is 18.2 Å². The second-order valence-corrected chi connectivity index (χ2v) is 6.69. The molecule has 1 fully saturated rings. The fourth-order valence-corrected chi connectivity index (χ4v) is 3.46. The van der Waals surface area contributed by atoms with Crippen LogP contribution in [0.2, 0.25) is 5.02 Å². The van der Waals surface area contributed by atoms with E-state index >= 15 is 0 Å². The molecule has 1 aliphatic heterocycles. The van der Waals surface area contributed by atoms with Gasteiger partial charge in [-0.05, 0) is 49.2 Å². The van der Waals surface area contributed by atoms with Gasteiger partial charge in [0.15, 0.2) is 5.75 Å². The van der Waals surface area contributed by atoms with Gasteiger partial charge in [0.1, 0.15) is 6.29 Å². The zero-order chi connectivity index (χ0) is 18.5. The van der Waals surface area contributed by atoms with Crippen LogP contribution in [0.25, 0.3) is 0 Å². The van der Waals surface area contributed by atoms with Gasteiger partial charge in [0.2, 0.25) is 5.91 Å². The molecular weight excluding hydrogens is 352 g/mol. The number of ether oxygens (including phenoxy) is 1. The van der Waals surface area contributed by atoms with E-state index < -0.39 is 0 Å². The lowest BCUT2D eigenvalue weighted by Crippen LogP contribution is -2.38. The summed E-state index contributed by atoms with van der Waals surface area (Å²) in [6, 6.07) is 12.8. The van der Waals surface area contributed by atoms with Crippen LogP contribution in [-0.4, -0.2) is 32.4 Å². The molecule has 3 rings (SSSR count). The van der Waals surface area contributed by atoms with Crippen molar-refractivity contribution in [3.8, 4) is 5.75 Å². The largest absolute Gasteiger partial charge is 0.493 e. The predicted octanol–water partition coefficient (Wildman–Crippen LogP) is 4.02. The zero-order valence-corrected chi connectivity index (χ0v) is 15.3. The van der Waals surface area contributed by atoms with Gasteiger partial charge in [-0.2, -0.15) is 0 Å². The van der Waals surface area contributed by atoms with Gasteiger partial charge in [-0.3, -0.25) is 9.59 Å². The SMILES string of the molecule is COc1c(Cl)cccc1NC(=O)C1CCN(c2ccc(C=O)cc2)CC1. The van der Waals surface area contributed by atoms with Gasteiger partial charge in [0, 0.05) is 30.3 Å². The minimum atomic E-state index is -0.0517. The topological polar surface area (TPSA) is 58.6 Å². The lowest BCUT2D eigenvalue weighted by molar-refractivity contribution is -0.120. The van der Waals surface area contributed by atoms with Gasteiger partial charge in [0.25, 0.3) is 0 Å². The molecule has 26 heavy (non-hydrogen) atoms. The molecule has 2 aromatic carbocycles. The minimum absolute atomic E-state index is 0.0125. The number of hydrogen-bond acceptors (Lipinski definition) is 4. The summed E-state index contributed by atoms with van der Waals surface area (Å²) >= 11 is 6.10. The number of halogens is 1. The smallest absolute Gasteiger partial charge is 0.227 e. The Hall–Kier alpha value is -2.53. The van der Waals surface area contributed by atoms with Crippen LogP contribution in [0.4, 0.5) is 11.4 Å². The highest BCUT2D eigenvalue weighted by Gasteiger charge is 2.26. The van der Waals surface area contributed by atoms with Crippen LogP contribution in [0.15, 0.2) is 42.5 Å². The molecule has 0 atom stereocenters. The number of methoxy groups -OCH3 is 1. The van der Waals surface area contributed by atoms with Crippen molar-refractivity contribution in [1.29, 1.82) is 0 Å². The van der Waals surface area contributed by atoms with E-state index in [1.807, 2.05) is 24.3 Å². The van der Waals surface area contributed by atoms with Gasteiger partial charge >= 0.3 is 0 Å². The van der Waals surface area contributed by atoms with E-state index in [9.17, 15) is 9.59 Å². The Morgan fingerprint density at radius 2 is 1.88 bits per heavy atom. The summed E-state index contributed by atoms with van der Waals surface area (Å²) in [5.41, 5.74) is 2.33. The molecular formula is C20H21ClN2O3. The summed E-state index contributed by atoms with van der Waals surface area (Å²) in [5, 5.41) is 3.41. The van der Waals surface area contributed by atoms with E-state index in [4.69, 9.17) is 16.3 Å². The maximum absolute atomic E-state index is 12.6. The van der Waals surface area contributed by atoms with Crippen molar-refractivity contribution in [1.82, 2.24) is 0 Å². The highest BCUT2D eigenvalue weighted by molar-refractivity contribution is 6.32. The number of amides is 1. The summed E-state index contributed by atoms with van der Waals surface area (Å²) in [4.78, 5) is 25.6. The first-order chi connectivity index (χ1) is 12.6. The van der Waals surface area contributed by atoms with Crippen molar-refractivity contribution in [2.24, 2.45) is 5.92 Å². The Kier molecular flexibility index (Phi) is 5.78. The summed E-state index contributed by atoms with van der Waals surface area (Å²) in [6.45, 7) is 1.59. The van der Waals surface area contributed by atoms with Crippen LogP contribution < -0.4 is 15.0 Å². The van der Waals surface area contributed by atoms with Gasteiger partial charge in [0.05, 0.1) is 17.8 Å². The normalized spacial score (nSPS) is 14.8. The summed E-state index contributed by atoms with van der Waals surface area (Å²) < 4.78 is 5.28. The van der Waals surface area contributed by atoms with Gasteiger partial charge < -0.3 is 15.0 Å². The highest BCUT2D eigenvalue weighted by Crippen LogP contribution is 2.33. The molecule has 1 heterocycles. The molecule has 1 saturated heterocycles. The van der Waals surface area contributed by atoms with Crippen LogP contribution in [0.3, 0.4) is 0 Å². The number of rotatable bonds is 5. The second-order valence-electron chi connectivity index (χ2n) is 6.28.